The fraction of sp³-hybridized carbons (Fsp3) is 0.176. The van der Waals surface area contributed by atoms with Gasteiger partial charge in [-0.3, -0.25) is 4.79 Å². The monoisotopic (exact) mass is 280 g/mol. The van der Waals surface area contributed by atoms with Crippen LogP contribution in [0.2, 0.25) is 0 Å². The molecule has 1 aliphatic carbocycles. The number of hydrazone groups is 1. The van der Waals surface area contributed by atoms with Gasteiger partial charge in [-0.05, 0) is 66.3 Å². The van der Waals surface area contributed by atoms with E-state index in [9.17, 15) is 9.90 Å². The maximum atomic E-state index is 11.8. The average Bonchev–Trinajstić information content (AvgIpc) is 2.95. The van der Waals surface area contributed by atoms with E-state index >= 15 is 0 Å². The summed E-state index contributed by atoms with van der Waals surface area (Å²) in [5.41, 5.74) is 6.72. The molecular weight excluding hydrogens is 264 g/mol. The molecule has 106 valence electrons. The summed E-state index contributed by atoms with van der Waals surface area (Å²) in [4.78, 5) is 11.8. The highest BCUT2D eigenvalue weighted by molar-refractivity contribution is 5.95. The van der Waals surface area contributed by atoms with Crippen LogP contribution in [-0.2, 0) is 12.8 Å². The summed E-state index contributed by atoms with van der Waals surface area (Å²) in [6, 6.07) is 12.3. The van der Waals surface area contributed by atoms with Crippen LogP contribution < -0.4 is 5.43 Å². The van der Waals surface area contributed by atoms with Crippen LogP contribution in [0.25, 0.3) is 0 Å². The lowest BCUT2D eigenvalue weighted by atomic mass is 10.1. The van der Waals surface area contributed by atoms with Crippen molar-refractivity contribution < 1.29 is 9.90 Å². The summed E-state index contributed by atoms with van der Waals surface area (Å²) < 4.78 is 0. The normalized spacial score (nSPS) is 13.3. The molecule has 2 aromatic rings. The van der Waals surface area contributed by atoms with Gasteiger partial charge in [0.25, 0.3) is 5.91 Å². The van der Waals surface area contributed by atoms with Crippen molar-refractivity contribution in [1.82, 2.24) is 5.43 Å². The standard InChI is InChI=1S/C17H16N2O2/c20-16-8-6-14(7-9-16)17(21)19-18-11-12-4-5-13-2-1-3-15(13)10-12/h4-11,20H,1-3H2,(H,19,21). The molecule has 0 heterocycles. The number of carbonyl (C=O) groups excluding carboxylic acids is 1. The zero-order valence-corrected chi connectivity index (χ0v) is 11.5. The summed E-state index contributed by atoms with van der Waals surface area (Å²) in [6.45, 7) is 0. The number of carbonyl (C=O) groups is 1. The zero-order chi connectivity index (χ0) is 14.7. The minimum Gasteiger partial charge on any atom is -0.508 e. The third-order valence-electron chi connectivity index (χ3n) is 3.63. The molecule has 0 atom stereocenters. The van der Waals surface area contributed by atoms with Gasteiger partial charge in [-0.25, -0.2) is 5.43 Å². The predicted molar refractivity (Wildman–Crippen MR) is 81.6 cm³/mol. The summed E-state index contributed by atoms with van der Waals surface area (Å²) in [5.74, 6) is -0.166. The first-order chi connectivity index (χ1) is 10.2. The first-order valence-corrected chi connectivity index (χ1v) is 6.96. The van der Waals surface area contributed by atoms with Crippen LogP contribution in [0.5, 0.6) is 5.75 Å². The molecule has 0 unspecified atom stereocenters. The smallest absolute Gasteiger partial charge is 0.271 e. The number of hydrogen-bond acceptors (Lipinski definition) is 3. The summed E-state index contributed by atoms with van der Waals surface area (Å²) in [6.07, 6.45) is 5.14. The molecule has 2 aromatic carbocycles. The molecule has 4 nitrogen and oxygen atoms in total. The van der Waals surface area contributed by atoms with Gasteiger partial charge in [0.2, 0.25) is 0 Å². The van der Waals surface area contributed by atoms with Gasteiger partial charge >= 0.3 is 0 Å². The van der Waals surface area contributed by atoms with Gasteiger partial charge in [-0.1, -0.05) is 12.1 Å². The van der Waals surface area contributed by atoms with Crippen molar-refractivity contribution >= 4 is 12.1 Å². The van der Waals surface area contributed by atoms with Crippen LogP contribution in [0, 0.1) is 0 Å². The number of fused-ring (bicyclic) bond motifs is 1. The van der Waals surface area contributed by atoms with E-state index in [0.717, 1.165) is 18.4 Å². The Hall–Kier alpha value is -2.62. The van der Waals surface area contributed by atoms with Crippen molar-refractivity contribution in [3.63, 3.8) is 0 Å². The highest BCUT2D eigenvalue weighted by Crippen LogP contribution is 2.22. The van der Waals surface area contributed by atoms with E-state index in [1.807, 2.05) is 6.07 Å². The molecule has 0 aromatic heterocycles. The molecule has 0 fully saturated rings. The molecule has 0 aliphatic heterocycles. The van der Waals surface area contributed by atoms with Crippen molar-refractivity contribution in [3.8, 4) is 5.75 Å². The van der Waals surface area contributed by atoms with Crippen LogP contribution >= 0.6 is 0 Å². The minimum absolute atomic E-state index is 0.133. The van der Waals surface area contributed by atoms with Crippen molar-refractivity contribution in [1.29, 1.82) is 0 Å². The molecule has 21 heavy (non-hydrogen) atoms. The predicted octanol–water partition coefficient (Wildman–Crippen LogP) is 2.64. The number of aromatic hydroxyl groups is 1. The Morgan fingerprint density at radius 3 is 2.67 bits per heavy atom. The molecule has 1 aliphatic rings. The number of aryl methyl sites for hydroxylation is 2. The highest BCUT2D eigenvalue weighted by Gasteiger charge is 2.10. The largest absolute Gasteiger partial charge is 0.508 e. The molecule has 2 N–H and O–H groups in total. The Morgan fingerprint density at radius 2 is 1.86 bits per heavy atom. The Labute approximate surface area is 123 Å². The molecule has 0 spiro atoms. The molecule has 0 bridgehead atoms. The van der Waals surface area contributed by atoms with Crippen molar-refractivity contribution in [3.05, 3.63) is 64.7 Å². The first-order valence-electron chi connectivity index (χ1n) is 6.96. The molecule has 1 amide bonds. The number of amides is 1. The Balaban J connectivity index is 1.64. The average molecular weight is 280 g/mol. The van der Waals surface area contributed by atoms with Crippen LogP contribution in [0.1, 0.15) is 33.5 Å². The van der Waals surface area contributed by atoms with E-state index < -0.39 is 0 Å². The number of rotatable bonds is 3. The fourth-order valence-electron chi connectivity index (χ4n) is 2.51. The molecule has 3 rings (SSSR count). The molecule has 0 radical (unpaired) electrons. The van der Waals surface area contributed by atoms with Crippen LogP contribution in [0.3, 0.4) is 0 Å². The van der Waals surface area contributed by atoms with Gasteiger partial charge in [-0.2, -0.15) is 5.10 Å². The zero-order valence-electron chi connectivity index (χ0n) is 11.5. The second-order valence-electron chi connectivity index (χ2n) is 5.13. The van der Waals surface area contributed by atoms with Crippen LogP contribution in [0.15, 0.2) is 47.6 Å². The Bertz CT molecular complexity index is 690. The Kier molecular flexibility index (Phi) is 3.69. The van der Waals surface area contributed by atoms with E-state index in [1.54, 1.807) is 18.3 Å². The molecule has 0 saturated heterocycles. The van der Waals surface area contributed by atoms with E-state index in [1.165, 1.54) is 29.7 Å². The topological polar surface area (TPSA) is 61.7 Å². The third-order valence-corrected chi connectivity index (χ3v) is 3.63. The summed E-state index contributed by atoms with van der Waals surface area (Å²) in [7, 11) is 0. The number of phenols is 1. The maximum absolute atomic E-state index is 11.8. The second kappa shape index (κ2) is 5.79. The lowest BCUT2D eigenvalue weighted by Crippen LogP contribution is -2.17. The lowest BCUT2D eigenvalue weighted by molar-refractivity contribution is 0.0955. The highest BCUT2D eigenvalue weighted by atomic mass is 16.3. The molecule has 0 saturated carbocycles. The summed E-state index contributed by atoms with van der Waals surface area (Å²) >= 11 is 0. The molecular formula is C17H16N2O2. The third kappa shape index (κ3) is 3.11. The summed E-state index contributed by atoms with van der Waals surface area (Å²) in [5, 5.41) is 13.2. The van der Waals surface area contributed by atoms with E-state index in [-0.39, 0.29) is 11.7 Å². The lowest BCUT2D eigenvalue weighted by Gasteiger charge is -2.01. The Morgan fingerprint density at radius 1 is 1.10 bits per heavy atom. The van der Waals surface area contributed by atoms with Crippen LogP contribution in [-0.4, -0.2) is 17.2 Å². The number of phenolic OH excluding ortho intramolecular Hbond substituents is 1. The van der Waals surface area contributed by atoms with E-state index in [0.29, 0.717) is 5.56 Å². The number of nitrogens with zero attached hydrogens (tertiary/aromatic N) is 1. The second-order valence-corrected chi connectivity index (χ2v) is 5.13. The minimum atomic E-state index is -0.299. The fourth-order valence-corrected chi connectivity index (χ4v) is 2.51. The quantitative estimate of drug-likeness (QED) is 0.670. The van der Waals surface area contributed by atoms with Crippen molar-refractivity contribution in [2.24, 2.45) is 5.10 Å². The van der Waals surface area contributed by atoms with E-state index in [4.69, 9.17) is 0 Å². The van der Waals surface area contributed by atoms with Crippen molar-refractivity contribution in [2.75, 3.05) is 0 Å². The first kappa shape index (κ1) is 13.4. The van der Waals surface area contributed by atoms with Gasteiger partial charge in [0.1, 0.15) is 5.75 Å². The molecule has 4 heteroatoms. The maximum Gasteiger partial charge on any atom is 0.271 e. The van der Waals surface area contributed by atoms with Gasteiger partial charge in [0.05, 0.1) is 6.21 Å². The van der Waals surface area contributed by atoms with Gasteiger partial charge in [-0.15, -0.1) is 0 Å². The number of benzene rings is 2. The number of nitrogens with one attached hydrogen (secondary N) is 1. The van der Waals surface area contributed by atoms with Gasteiger partial charge in [0.15, 0.2) is 0 Å². The van der Waals surface area contributed by atoms with Crippen molar-refractivity contribution in [2.45, 2.75) is 19.3 Å². The van der Waals surface area contributed by atoms with Gasteiger partial charge < -0.3 is 5.11 Å². The van der Waals surface area contributed by atoms with Crippen LogP contribution in [0.4, 0.5) is 0 Å². The van der Waals surface area contributed by atoms with Gasteiger partial charge in [0, 0.05) is 5.56 Å². The number of hydrogen-bond donors (Lipinski definition) is 2. The SMILES string of the molecule is O=C(NN=Cc1ccc2c(c1)CCC2)c1ccc(O)cc1. The van der Waals surface area contributed by atoms with E-state index in [2.05, 4.69) is 22.7 Å².